The summed E-state index contributed by atoms with van der Waals surface area (Å²) in [5, 5.41) is 3.67. The van der Waals surface area contributed by atoms with E-state index in [0.717, 1.165) is 43.1 Å². The second kappa shape index (κ2) is 7.89. The van der Waals surface area contributed by atoms with Gasteiger partial charge in [0.25, 0.3) is 0 Å². The molecule has 1 N–H and O–H groups in total. The summed E-state index contributed by atoms with van der Waals surface area (Å²) in [4.78, 5) is 17.1. The van der Waals surface area contributed by atoms with Crippen LogP contribution in [-0.4, -0.2) is 44.0 Å². The molecule has 0 aromatic heterocycles. The largest absolute Gasteiger partial charge is 0.367 e. The third kappa shape index (κ3) is 4.74. The second-order valence-corrected chi connectivity index (χ2v) is 7.10. The van der Waals surface area contributed by atoms with E-state index in [0.29, 0.717) is 11.4 Å². The van der Waals surface area contributed by atoms with Crippen molar-refractivity contribution in [2.75, 3.05) is 43.4 Å². The van der Waals surface area contributed by atoms with Crippen LogP contribution in [0.5, 0.6) is 0 Å². The van der Waals surface area contributed by atoms with Crippen LogP contribution in [0.3, 0.4) is 0 Å². The number of piperazine rings is 1. The van der Waals surface area contributed by atoms with E-state index in [1.54, 1.807) is 0 Å². The molecule has 2 aromatic carbocycles. The summed E-state index contributed by atoms with van der Waals surface area (Å²) in [6, 6.07) is 13.8. The lowest BCUT2D eigenvalue weighted by Crippen LogP contribution is -2.44. The van der Waals surface area contributed by atoms with Crippen molar-refractivity contribution in [1.29, 1.82) is 0 Å². The van der Waals surface area contributed by atoms with Crippen LogP contribution in [-0.2, 0) is 11.2 Å². The van der Waals surface area contributed by atoms with E-state index in [1.165, 1.54) is 5.56 Å². The summed E-state index contributed by atoms with van der Waals surface area (Å²) in [6.07, 6.45) is 0.356. The number of carbonyl (C=O) groups is 1. The van der Waals surface area contributed by atoms with Crippen LogP contribution in [0.15, 0.2) is 42.5 Å². The Morgan fingerprint density at radius 1 is 1.08 bits per heavy atom. The van der Waals surface area contributed by atoms with Gasteiger partial charge in [0.15, 0.2) is 0 Å². The highest BCUT2D eigenvalue weighted by atomic mass is 35.5. The van der Waals surface area contributed by atoms with Crippen LogP contribution in [0.25, 0.3) is 0 Å². The van der Waals surface area contributed by atoms with Gasteiger partial charge >= 0.3 is 0 Å². The summed E-state index contributed by atoms with van der Waals surface area (Å²) in [6.45, 7) is 5.95. The Labute approximate surface area is 154 Å². The quantitative estimate of drug-likeness (QED) is 0.908. The predicted octanol–water partition coefficient (Wildman–Crippen LogP) is 3.58. The van der Waals surface area contributed by atoms with Gasteiger partial charge in [0.05, 0.1) is 17.8 Å². The van der Waals surface area contributed by atoms with Crippen molar-refractivity contribution >= 4 is 28.9 Å². The van der Waals surface area contributed by atoms with Crippen LogP contribution in [0.2, 0.25) is 5.02 Å². The minimum absolute atomic E-state index is 0.0264. The van der Waals surface area contributed by atoms with Crippen LogP contribution in [0.4, 0.5) is 11.4 Å². The number of carbonyl (C=O) groups excluding carboxylic acids is 1. The van der Waals surface area contributed by atoms with Crippen LogP contribution in [0.1, 0.15) is 11.1 Å². The molecule has 2 aromatic rings. The number of benzene rings is 2. The summed E-state index contributed by atoms with van der Waals surface area (Å²) >= 11 is 6.16. The molecule has 3 rings (SSSR count). The number of hydrogen-bond donors (Lipinski definition) is 1. The lowest BCUT2D eigenvalue weighted by Gasteiger charge is -2.35. The number of likely N-dealkylation sites (N-methyl/N-ethyl adjacent to an activating group) is 1. The second-order valence-electron chi connectivity index (χ2n) is 6.66. The van der Waals surface area contributed by atoms with Gasteiger partial charge in [-0.25, -0.2) is 0 Å². The summed E-state index contributed by atoms with van der Waals surface area (Å²) in [5.74, 6) is -0.0264. The van der Waals surface area contributed by atoms with Gasteiger partial charge in [0.1, 0.15) is 0 Å². The number of rotatable bonds is 4. The highest BCUT2D eigenvalue weighted by Crippen LogP contribution is 2.30. The molecule has 1 aliphatic rings. The van der Waals surface area contributed by atoms with Gasteiger partial charge in [-0.1, -0.05) is 41.4 Å². The number of nitrogens with one attached hydrogen (secondary N) is 1. The van der Waals surface area contributed by atoms with E-state index in [1.807, 2.05) is 49.4 Å². The molecule has 0 spiro atoms. The normalized spacial score (nSPS) is 15.2. The first-order valence-electron chi connectivity index (χ1n) is 8.60. The van der Waals surface area contributed by atoms with E-state index in [9.17, 15) is 4.79 Å². The standard InChI is InChI=1S/C20H24ClN3O/c1-15-3-5-16(6-4-15)13-20(25)22-18-14-17(21)7-8-19(18)24-11-9-23(2)10-12-24/h3-8,14H,9-13H2,1-2H3,(H,22,25). The summed E-state index contributed by atoms with van der Waals surface area (Å²) in [5.41, 5.74) is 4.02. The van der Waals surface area contributed by atoms with Crippen molar-refractivity contribution in [3.63, 3.8) is 0 Å². The van der Waals surface area contributed by atoms with Crippen molar-refractivity contribution < 1.29 is 4.79 Å². The lowest BCUT2D eigenvalue weighted by molar-refractivity contribution is -0.115. The van der Waals surface area contributed by atoms with Gasteiger partial charge in [0.2, 0.25) is 5.91 Å². The highest BCUT2D eigenvalue weighted by molar-refractivity contribution is 6.31. The zero-order valence-corrected chi connectivity index (χ0v) is 15.5. The molecule has 0 unspecified atom stereocenters. The van der Waals surface area contributed by atoms with Crippen LogP contribution >= 0.6 is 11.6 Å². The molecule has 5 heteroatoms. The lowest BCUT2D eigenvalue weighted by atomic mass is 10.1. The van der Waals surface area contributed by atoms with Gasteiger partial charge in [-0.15, -0.1) is 0 Å². The van der Waals surface area contributed by atoms with E-state index in [-0.39, 0.29) is 5.91 Å². The van der Waals surface area contributed by atoms with E-state index in [2.05, 4.69) is 22.2 Å². The molecule has 132 valence electrons. The fourth-order valence-corrected chi connectivity index (χ4v) is 3.19. The number of halogens is 1. The molecular weight excluding hydrogens is 334 g/mol. The Bertz CT molecular complexity index is 737. The molecule has 1 aliphatic heterocycles. The number of amides is 1. The third-order valence-electron chi connectivity index (χ3n) is 4.56. The fraction of sp³-hybridized carbons (Fsp3) is 0.350. The molecule has 0 bridgehead atoms. The first-order valence-corrected chi connectivity index (χ1v) is 8.97. The maximum Gasteiger partial charge on any atom is 0.228 e. The Kier molecular flexibility index (Phi) is 5.61. The van der Waals surface area contributed by atoms with Crippen molar-refractivity contribution in [2.24, 2.45) is 0 Å². The molecule has 1 fully saturated rings. The fourth-order valence-electron chi connectivity index (χ4n) is 3.02. The third-order valence-corrected chi connectivity index (χ3v) is 4.80. The van der Waals surface area contributed by atoms with E-state index < -0.39 is 0 Å². The molecule has 1 heterocycles. The highest BCUT2D eigenvalue weighted by Gasteiger charge is 2.18. The van der Waals surface area contributed by atoms with Gasteiger partial charge < -0.3 is 15.1 Å². The number of anilines is 2. The topological polar surface area (TPSA) is 35.6 Å². The average Bonchev–Trinajstić information content (AvgIpc) is 2.58. The van der Waals surface area contributed by atoms with Crippen molar-refractivity contribution in [1.82, 2.24) is 4.90 Å². The SMILES string of the molecule is Cc1ccc(CC(=O)Nc2cc(Cl)ccc2N2CCN(C)CC2)cc1. The van der Waals surface area contributed by atoms with Gasteiger partial charge in [-0.3, -0.25) is 4.79 Å². The Balaban J connectivity index is 1.73. The molecule has 0 radical (unpaired) electrons. The number of nitrogens with zero attached hydrogens (tertiary/aromatic N) is 2. The monoisotopic (exact) mass is 357 g/mol. The first-order chi connectivity index (χ1) is 12.0. The predicted molar refractivity (Wildman–Crippen MR) is 105 cm³/mol. The van der Waals surface area contributed by atoms with Crippen molar-refractivity contribution in [2.45, 2.75) is 13.3 Å². The summed E-state index contributed by atoms with van der Waals surface area (Å²) in [7, 11) is 2.13. The zero-order valence-electron chi connectivity index (χ0n) is 14.8. The number of aryl methyl sites for hydroxylation is 1. The molecule has 1 saturated heterocycles. The van der Waals surface area contributed by atoms with Crippen LogP contribution < -0.4 is 10.2 Å². The molecule has 0 atom stereocenters. The molecule has 1 amide bonds. The Morgan fingerprint density at radius 3 is 2.44 bits per heavy atom. The van der Waals surface area contributed by atoms with Crippen molar-refractivity contribution in [3.8, 4) is 0 Å². The first kappa shape index (κ1) is 17.8. The summed E-state index contributed by atoms with van der Waals surface area (Å²) < 4.78 is 0. The van der Waals surface area contributed by atoms with E-state index in [4.69, 9.17) is 11.6 Å². The van der Waals surface area contributed by atoms with E-state index >= 15 is 0 Å². The zero-order chi connectivity index (χ0) is 17.8. The molecule has 25 heavy (non-hydrogen) atoms. The van der Waals surface area contributed by atoms with Crippen LogP contribution in [0, 0.1) is 6.92 Å². The van der Waals surface area contributed by atoms with Gasteiger partial charge in [0, 0.05) is 31.2 Å². The minimum Gasteiger partial charge on any atom is -0.367 e. The molecule has 0 aliphatic carbocycles. The number of hydrogen-bond acceptors (Lipinski definition) is 3. The van der Waals surface area contributed by atoms with Gasteiger partial charge in [-0.05, 0) is 37.7 Å². The molecular formula is C20H24ClN3O. The molecule has 4 nitrogen and oxygen atoms in total. The minimum atomic E-state index is -0.0264. The average molecular weight is 358 g/mol. The Hall–Kier alpha value is -2.04. The van der Waals surface area contributed by atoms with Crippen molar-refractivity contribution in [3.05, 3.63) is 58.6 Å². The maximum absolute atomic E-state index is 12.5. The smallest absolute Gasteiger partial charge is 0.228 e. The van der Waals surface area contributed by atoms with Gasteiger partial charge in [-0.2, -0.15) is 0 Å². The Morgan fingerprint density at radius 2 is 1.76 bits per heavy atom. The maximum atomic E-state index is 12.5. The molecule has 0 saturated carbocycles.